The van der Waals surface area contributed by atoms with Crippen LogP contribution in [0.25, 0.3) is 63.1 Å². The molecular formula is C86H73N21O11S5. The fourth-order valence-corrected chi connectivity index (χ4v) is 16.9. The maximum absolute atomic E-state index is 11.7. The predicted molar refractivity (Wildman–Crippen MR) is 482 cm³/mol. The van der Waals surface area contributed by atoms with Crippen molar-refractivity contribution in [1.29, 1.82) is 0 Å². The first-order chi connectivity index (χ1) is 59.9. The number of aliphatic imine (C=N–C) groups is 4. The number of aromatic nitrogens is 9. The van der Waals surface area contributed by atoms with Gasteiger partial charge in [-0.25, -0.2) is 49.9 Å². The van der Waals surface area contributed by atoms with Crippen LogP contribution in [-0.2, 0) is 32.2 Å². The van der Waals surface area contributed by atoms with Gasteiger partial charge in [0.05, 0.1) is 83.7 Å². The van der Waals surface area contributed by atoms with E-state index in [0.717, 1.165) is 208 Å². The van der Waals surface area contributed by atoms with E-state index in [2.05, 4.69) is 119 Å². The van der Waals surface area contributed by atoms with Gasteiger partial charge in [-0.3, -0.25) is 79.2 Å². The molecule has 5 saturated heterocycles. The minimum atomic E-state index is -0.359. The Morgan fingerprint density at radius 1 is 0.472 bits per heavy atom. The Bertz CT molecular complexity index is 6440. The van der Waals surface area contributed by atoms with Crippen molar-refractivity contribution in [2.75, 3.05) is 67.2 Å². The zero-order valence-electron chi connectivity index (χ0n) is 65.6. The number of rotatable bonds is 14. The van der Waals surface area contributed by atoms with E-state index in [1.54, 1.807) is 55.6 Å². The molecule has 5 fully saturated rings. The SMILES string of the molecule is CCN(CC)c1ncnc2ccc(C=C3SC(=O)NC3=O)cc12.O=C1NC(=O)C(=Cc2ccc3ncnc(N4CCCCC4)c3c2)S1.O=C1NC(=O)C(=Cc2ccc3ncnc(N4CCOCC4)c3c2)S1.O=c1[nH]c(O)c(C=c2ccc3c(c2)C(=NCc2ccccc2)N=CN=3)s1.O=c1[nH]c(O)c(C=c2ccc3c(c2)C(=NCc2ccccn2)N=CN=3)s1. The van der Waals surface area contributed by atoms with Gasteiger partial charge in [0.25, 0.3) is 33.4 Å². The Morgan fingerprint density at radius 3 is 1.37 bits per heavy atom. The zero-order valence-corrected chi connectivity index (χ0v) is 69.7. The molecule has 7 N–H and O–H groups in total. The number of pyridine rings is 1. The summed E-state index contributed by atoms with van der Waals surface area (Å²) in [5.74, 6) is 2.55. The van der Waals surface area contributed by atoms with E-state index in [1.165, 1.54) is 31.9 Å². The highest BCUT2D eigenvalue weighted by molar-refractivity contribution is 8.19. The first-order valence-electron chi connectivity index (χ1n) is 38.5. The molecule has 6 aromatic heterocycles. The molecule has 0 radical (unpaired) electrons. The van der Waals surface area contributed by atoms with Gasteiger partial charge in [-0.2, -0.15) is 0 Å². The van der Waals surface area contributed by atoms with Gasteiger partial charge >= 0.3 is 9.75 Å². The van der Waals surface area contributed by atoms with Crippen LogP contribution in [0.15, 0.2) is 219 Å². The molecule has 32 nitrogen and oxygen atoms in total. The summed E-state index contributed by atoms with van der Waals surface area (Å²) in [4.78, 5) is 161. The molecule has 13 heterocycles. The van der Waals surface area contributed by atoms with Gasteiger partial charge in [-0.1, -0.05) is 89.4 Å². The van der Waals surface area contributed by atoms with Crippen molar-refractivity contribution < 1.29 is 43.7 Å². The standard InChI is InChI=1S/C19H14N4O2S.C18H13N5O2S.C17H16N4O2S.C16H14N4O3S.C16H16N4O2S/c24-18-16(26-19(25)23-18)9-13-6-7-15-14(8-13)17(22-11-21-15)20-10-12-4-2-1-3-5-12;24-17-15(26-18(25)23-17)8-11-4-5-14-13(7-11)16(22-10-21-14)20-9-12-3-1-2-6-19-12;22-16-14(24-17(23)20-16)9-11-4-5-13-12(8-11)15(19-10-18-13)21-6-2-1-3-7-21;21-15-13(24-16(22)19-15)8-10-1-2-12-11(7-10)14(18-9-17-12)20-3-5-23-6-4-20;1-3-20(4-2)14-11-7-10(5-6-12(11)17-9-18-14)8-13-15(21)19-16(22)23-13/h1-9,11,24H,10H2,(H,23,25);1-8,10,24H,9H2,(H,23,25);4-5,8-10H,1-3,6-7H2,(H,20,22,23);1-2,7-9H,3-6H2,(H,19,21,22);5-9H,3-4H2,1-2H3,(H,19,21,22). The van der Waals surface area contributed by atoms with Crippen molar-refractivity contribution in [3.63, 3.8) is 0 Å². The Labute approximate surface area is 719 Å². The Balaban J connectivity index is 0.000000119. The van der Waals surface area contributed by atoms with Gasteiger partial charge in [0, 0.05) is 72.8 Å². The highest BCUT2D eigenvalue weighted by atomic mass is 32.2. The summed E-state index contributed by atoms with van der Waals surface area (Å²) in [5, 5.41) is 31.3. The van der Waals surface area contributed by atoms with Gasteiger partial charge in [0.2, 0.25) is 11.8 Å². The lowest BCUT2D eigenvalue weighted by Gasteiger charge is -2.28. The predicted octanol–water partition coefficient (Wildman–Crippen LogP) is 10.1. The van der Waals surface area contributed by atoms with Crippen LogP contribution in [0, 0.1) is 0 Å². The number of amides is 6. The molecule has 123 heavy (non-hydrogen) atoms. The quantitative estimate of drug-likeness (QED) is 0.0497. The number of hydrogen-bond acceptors (Lipinski definition) is 30. The van der Waals surface area contributed by atoms with Crippen LogP contribution in [0.5, 0.6) is 11.8 Å². The zero-order chi connectivity index (χ0) is 85.3. The second-order valence-corrected chi connectivity index (χ2v) is 32.5. The summed E-state index contributed by atoms with van der Waals surface area (Å²) in [6.45, 7) is 11.7. The molecule has 37 heteroatoms. The lowest BCUT2D eigenvalue weighted by molar-refractivity contribution is -0.116. The molecule has 7 aliphatic rings. The number of hydrogen-bond donors (Lipinski definition) is 7. The molecular weight excluding hydrogens is 1660 g/mol. The molecule has 0 bridgehead atoms. The lowest BCUT2D eigenvalue weighted by Crippen LogP contribution is -2.36. The minimum Gasteiger partial charge on any atom is -0.493 e. The van der Waals surface area contributed by atoms with Gasteiger partial charge < -0.3 is 29.6 Å². The van der Waals surface area contributed by atoms with Crippen molar-refractivity contribution in [3.05, 3.63) is 269 Å². The topological polar surface area (TPSA) is 428 Å². The molecule has 0 atom stereocenters. The number of benzene rings is 6. The van der Waals surface area contributed by atoms with E-state index in [-0.39, 0.29) is 54.9 Å². The van der Waals surface area contributed by atoms with E-state index < -0.39 is 0 Å². The first-order valence-corrected chi connectivity index (χ1v) is 42.6. The number of aromatic amines is 2. The van der Waals surface area contributed by atoms with Crippen molar-refractivity contribution >= 4 is 196 Å². The number of carbonyl (C=O) groups excluding carboxylic acids is 6. The summed E-state index contributed by atoms with van der Waals surface area (Å²) in [7, 11) is 0. The smallest absolute Gasteiger partial charge is 0.307 e. The number of aromatic hydroxyl groups is 2. The number of morpholine rings is 1. The molecule has 0 saturated carbocycles. The number of carbonyl (C=O) groups is 6. The van der Waals surface area contributed by atoms with Gasteiger partial charge in [0.1, 0.15) is 49.1 Å². The average molecular weight is 1740 g/mol. The molecule has 618 valence electrons. The number of ether oxygens (including phenoxy) is 1. The van der Waals surface area contributed by atoms with Crippen LogP contribution in [0.1, 0.15) is 81.9 Å². The number of thiazole rings is 2. The van der Waals surface area contributed by atoms with E-state index >= 15 is 0 Å². The van der Waals surface area contributed by atoms with Gasteiger partial charge in [-0.15, -0.1) is 0 Å². The molecule has 6 aromatic carbocycles. The van der Waals surface area contributed by atoms with Crippen molar-refractivity contribution in [2.45, 2.75) is 46.2 Å². The number of amidine groups is 2. The van der Waals surface area contributed by atoms with Crippen LogP contribution in [0.3, 0.4) is 0 Å². The Hall–Kier alpha value is -14.0. The Kier molecular flexibility index (Phi) is 27.0. The number of piperidine rings is 1. The van der Waals surface area contributed by atoms with Crippen LogP contribution in [0.4, 0.5) is 31.8 Å². The number of nitrogens with one attached hydrogen (secondary N) is 5. The highest BCUT2D eigenvalue weighted by Gasteiger charge is 2.29. The van der Waals surface area contributed by atoms with Crippen LogP contribution in [0.2, 0.25) is 0 Å². The summed E-state index contributed by atoms with van der Waals surface area (Å²) < 4.78 is 5.39. The molecule has 7 aliphatic heterocycles. The molecule has 6 amide bonds. The number of fused-ring (bicyclic) bond motifs is 5. The van der Waals surface area contributed by atoms with E-state index in [0.29, 0.717) is 62.4 Å². The normalized spacial score (nSPS) is 17.2. The fourth-order valence-electron chi connectivity index (χ4n) is 13.4. The second-order valence-electron chi connectivity index (χ2n) is 27.4. The van der Waals surface area contributed by atoms with Crippen LogP contribution >= 0.6 is 58.0 Å². The molecule has 19 rings (SSSR count). The number of imide groups is 3. The van der Waals surface area contributed by atoms with E-state index in [1.807, 2.05) is 140 Å². The maximum atomic E-state index is 11.7. The van der Waals surface area contributed by atoms with Crippen molar-refractivity contribution in [3.8, 4) is 11.8 Å². The minimum absolute atomic E-state index is 0.126. The maximum Gasteiger partial charge on any atom is 0.307 e. The highest BCUT2D eigenvalue weighted by Crippen LogP contribution is 2.34. The third kappa shape index (κ3) is 21.3. The first kappa shape index (κ1) is 84.1. The summed E-state index contributed by atoms with van der Waals surface area (Å²) in [6.07, 6.45) is 21.7. The number of H-pyrrole nitrogens is 2. The molecule has 0 spiro atoms. The number of nitrogens with zero attached hydrogens (tertiary/aromatic N) is 16. The summed E-state index contributed by atoms with van der Waals surface area (Å²) in [6, 6.07) is 44.2. The summed E-state index contributed by atoms with van der Waals surface area (Å²) in [5.41, 5.74) is 8.67. The third-order valence-corrected chi connectivity index (χ3v) is 23.4. The van der Waals surface area contributed by atoms with E-state index in [4.69, 9.17) is 4.74 Å². The monoisotopic (exact) mass is 1740 g/mol. The van der Waals surface area contributed by atoms with Crippen LogP contribution < -0.4 is 61.5 Å². The van der Waals surface area contributed by atoms with Gasteiger partial charge in [-0.05, 0) is 204 Å². The van der Waals surface area contributed by atoms with E-state index in [9.17, 15) is 48.6 Å². The largest absolute Gasteiger partial charge is 0.493 e. The van der Waals surface area contributed by atoms with Crippen molar-refractivity contribution in [2.24, 2.45) is 30.0 Å². The van der Waals surface area contributed by atoms with Crippen LogP contribution in [-0.4, -0.2) is 165 Å². The number of anilines is 3. The number of thioether (sulfide) groups is 3. The van der Waals surface area contributed by atoms with Crippen molar-refractivity contribution in [1.82, 2.24) is 60.8 Å². The molecule has 12 aromatic rings. The summed E-state index contributed by atoms with van der Waals surface area (Å²) >= 11 is 4.65. The third-order valence-electron chi connectivity index (χ3n) is 19.3. The Morgan fingerprint density at radius 2 is 0.927 bits per heavy atom. The molecule has 0 unspecified atom stereocenters. The van der Waals surface area contributed by atoms with Gasteiger partial charge in [0.15, 0.2) is 11.7 Å². The second kappa shape index (κ2) is 39.5. The fraction of sp³-hybridized carbons (Fsp3) is 0.174. The molecule has 0 aliphatic carbocycles. The lowest BCUT2D eigenvalue weighted by atomic mass is 10.1. The average Bonchev–Trinajstić information content (AvgIpc) is 1.44.